The number of amides is 2. The van der Waals surface area contributed by atoms with E-state index in [0.717, 1.165) is 0 Å². The molecule has 1 saturated heterocycles. The van der Waals surface area contributed by atoms with Crippen molar-refractivity contribution in [3.05, 3.63) is 30.3 Å². The van der Waals surface area contributed by atoms with Gasteiger partial charge in [-0.25, -0.2) is 5.43 Å². The predicted octanol–water partition coefficient (Wildman–Crippen LogP) is 1.07. The molecule has 1 aromatic rings. The summed E-state index contributed by atoms with van der Waals surface area (Å²) in [6.07, 6.45) is -0.263. The highest BCUT2D eigenvalue weighted by Crippen LogP contribution is 2.25. The van der Waals surface area contributed by atoms with Crippen LogP contribution in [0, 0.1) is 11.3 Å². The molecule has 7 heteroatoms. The van der Waals surface area contributed by atoms with Gasteiger partial charge in [-0.3, -0.25) is 14.5 Å². The van der Waals surface area contributed by atoms with E-state index in [4.69, 9.17) is 5.26 Å². The van der Waals surface area contributed by atoms with Gasteiger partial charge < -0.3 is 0 Å². The van der Waals surface area contributed by atoms with Gasteiger partial charge in [0.25, 0.3) is 5.91 Å². The molecular weight excluding hydrogens is 264 g/mol. The van der Waals surface area contributed by atoms with E-state index in [-0.39, 0.29) is 18.1 Å². The summed E-state index contributed by atoms with van der Waals surface area (Å²) in [5, 5.41) is 12.7. The molecule has 1 aliphatic heterocycles. The van der Waals surface area contributed by atoms with Gasteiger partial charge in [-0.2, -0.15) is 5.26 Å². The molecule has 19 heavy (non-hydrogen) atoms. The normalized spacial score (nSPS) is 16.5. The number of nitriles is 1. The minimum atomic E-state index is -0.497. The molecule has 0 aliphatic carbocycles. The van der Waals surface area contributed by atoms with E-state index >= 15 is 0 Å². The van der Waals surface area contributed by atoms with Crippen LogP contribution in [0.25, 0.3) is 0 Å². The lowest BCUT2D eigenvalue weighted by molar-refractivity contribution is -0.120. The van der Waals surface area contributed by atoms with Crippen molar-refractivity contribution in [2.75, 3.05) is 10.7 Å². The first kappa shape index (κ1) is 13.1. The van der Waals surface area contributed by atoms with E-state index in [1.54, 1.807) is 18.2 Å². The lowest BCUT2D eigenvalue weighted by Gasteiger charge is -2.15. The molecule has 1 aromatic carbocycles. The number of hydrogen-bond acceptors (Lipinski definition) is 5. The summed E-state index contributed by atoms with van der Waals surface area (Å²) in [7, 11) is 0. The number of para-hydroxylation sites is 1. The summed E-state index contributed by atoms with van der Waals surface area (Å²) in [4.78, 5) is 24.4. The maximum absolute atomic E-state index is 11.8. The zero-order chi connectivity index (χ0) is 13.7. The van der Waals surface area contributed by atoms with Crippen LogP contribution in [-0.4, -0.2) is 22.7 Å². The average molecular weight is 274 g/mol. The standard InChI is InChI=1S/C12H10N4O2S/c13-7-6-10(17)14-15-12-16(11(18)8-19-12)9-4-2-1-3-5-9/h1-5H,6,8H2,(H,14,17)/b15-12+. The van der Waals surface area contributed by atoms with E-state index in [2.05, 4.69) is 10.5 Å². The second-order valence-corrected chi connectivity index (χ2v) is 4.56. The first-order valence-corrected chi connectivity index (χ1v) is 6.45. The molecule has 1 heterocycles. The van der Waals surface area contributed by atoms with Crippen LogP contribution in [0.15, 0.2) is 35.4 Å². The lowest BCUT2D eigenvalue weighted by Crippen LogP contribution is -2.31. The van der Waals surface area contributed by atoms with Crippen molar-refractivity contribution in [2.24, 2.45) is 5.10 Å². The molecule has 0 bridgehead atoms. The van der Waals surface area contributed by atoms with E-state index in [9.17, 15) is 9.59 Å². The van der Waals surface area contributed by atoms with Crippen LogP contribution >= 0.6 is 11.8 Å². The number of nitrogens with zero attached hydrogens (tertiary/aromatic N) is 3. The minimum Gasteiger partial charge on any atom is -0.273 e. The summed E-state index contributed by atoms with van der Waals surface area (Å²) in [5.74, 6) is -0.311. The van der Waals surface area contributed by atoms with Crippen LogP contribution in [0.4, 0.5) is 5.69 Å². The number of carbonyl (C=O) groups is 2. The molecule has 96 valence electrons. The van der Waals surface area contributed by atoms with Gasteiger partial charge in [-0.05, 0) is 12.1 Å². The summed E-state index contributed by atoms with van der Waals surface area (Å²) in [5.41, 5.74) is 2.96. The summed E-state index contributed by atoms with van der Waals surface area (Å²) < 4.78 is 0. The third-order valence-electron chi connectivity index (χ3n) is 2.30. The molecule has 1 N–H and O–H groups in total. The fourth-order valence-corrected chi connectivity index (χ4v) is 2.33. The maximum Gasteiger partial charge on any atom is 0.254 e. The third-order valence-corrected chi connectivity index (χ3v) is 3.22. The minimum absolute atomic E-state index is 0.0931. The quantitative estimate of drug-likeness (QED) is 0.835. The smallest absolute Gasteiger partial charge is 0.254 e. The van der Waals surface area contributed by atoms with E-state index in [0.29, 0.717) is 10.9 Å². The molecule has 2 rings (SSSR count). The van der Waals surface area contributed by atoms with E-state index in [1.807, 2.05) is 18.2 Å². The van der Waals surface area contributed by atoms with Crippen molar-refractivity contribution in [1.82, 2.24) is 5.43 Å². The monoisotopic (exact) mass is 274 g/mol. The molecule has 0 unspecified atom stereocenters. The Balaban J connectivity index is 2.17. The molecule has 1 fully saturated rings. The molecule has 6 nitrogen and oxygen atoms in total. The number of rotatable bonds is 3. The Labute approximate surface area is 114 Å². The number of hydrazone groups is 1. The van der Waals surface area contributed by atoms with Crippen molar-refractivity contribution in [3.8, 4) is 6.07 Å². The second kappa shape index (κ2) is 6.02. The number of benzene rings is 1. The Morgan fingerprint density at radius 1 is 1.47 bits per heavy atom. The van der Waals surface area contributed by atoms with Gasteiger partial charge in [0.2, 0.25) is 5.91 Å². The Kier molecular flexibility index (Phi) is 4.15. The van der Waals surface area contributed by atoms with Gasteiger partial charge in [0.05, 0.1) is 17.5 Å². The number of hydrogen-bond donors (Lipinski definition) is 1. The molecule has 0 spiro atoms. The zero-order valence-corrected chi connectivity index (χ0v) is 10.7. The van der Waals surface area contributed by atoms with Crippen LogP contribution < -0.4 is 10.3 Å². The van der Waals surface area contributed by atoms with Gasteiger partial charge in [0.15, 0.2) is 5.17 Å². The van der Waals surface area contributed by atoms with Gasteiger partial charge in [0.1, 0.15) is 6.42 Å². The summed E-state index contributed by atoms with van der Waals surface area (Å²) >= 11 is 1.24. The van der Waals surface area contributed by atoms with Crippen molar-refractivity contribution in [3.63, 3.8) is 0 Å². The van der Waals surface area contributed by atoms with Crippen molar-refractivity contribution in [2.45, 2.75) is 6.42 Å². The highest BCUT2D eigenvalue weighted by molar-refractivity contribution is 8.15. The Morgan fingerprint density at radius 2 is 2.21 bits per heavy atom. The van der Waals surface area contributed by atoms with Crippen LogP contribution in [0.5, 0.6) is 0 Å². The molecular formula is C12H10N4O2S. The van der Waals surface area contributed by atoms with Crippen molar-refractivity contribution >= 4 is 34.4 Å². The number of anilines is 1. The summed E-state index contributed by atoms with van der Waals surface area (Å²) in [6, 6.07) is 10.8. The molecule has 2 amide bonds. The van der Waals surface area contributed by atoms with Crippen molar-refractivity contribution < 1.29 is 9.59 Å². The first-order chi connectivity index (χ1) is 9.22. The van der Waals surface area contributed by atoms with Gasteiger partial charge in [0, 0.05) is 0 Å². The Hall–Kier alpha value is -2.33. The molecule has 0 atom stereocenters. The van der Waals surface area contributed by atoms with Gasteiger partial charge in [-0.1, -0.05) is 30.0 Å². The highest BCUT2D eigenvalue weighted by atomic mass is 32.2. The van der Waals surface area contributed by atoms with Crippen LogP contribution in [-0.2, 0) is 9.59 Å². The summed E-state index contributed by atoms with van der Waals surface area (Å²) in [6.45, 7) is 0. The average Bonchev–Trinajstić information content (AvgIpc) is 2.79. The highest BCUT2D eigenvalue weighted by Gasteiger charge is 2.29. The number of amidine groups is 1. The lowest BCUT2D eigenvalue weighted by atomic mass is 10.3. The third kappa shape index (κ3) is 3.11. The molecule has 0 radical (unpaired) electrons. The molecule has 1 aliphatic rings. The van der Waals surface area contributed by atoms with Crippen LogP contribution in [0.3, 0.4) is 0 Å². The van der Waals surface area contributed by atoms with Crippen LogP contribution in [0.1, 0.15) is 6.42 Å². The fourth-order valence-electron chi connectivity index (χ4n) is 1.50. The largest absolute Gasteiger partial charge is 0.273 e. The zero-order valence-electron chi connectivity index (χ0n) is 9.87. The number of nitrogens with one attached hydrogen (secondary N) is 1. The predicted molar refractivity (Wildman–Crippen MR) is 72.2 cm³/mol. The van der Waals surface area contributed by atoms with Crippen molar-refractivity contribution in [1.29, 1.82) is 5.26 Å². The second-order valence-electron chi connectivity index (χ2n) is 3.62. The van der Waals surface area contributed by atoms with E-state index in [1.165, 1.54) is 16.7 Å². The van der Waals surface area contributed by atoms with Gasteiger partial charge in [-0.15, -0.1) is 5.10 Å². The number of carbonyl (C=O) groups excluding carboxylic acids is 2. The Bertz CT molecular complexity index is 565. The maximum atomic E-state index is 11.8. The SMILES string of the molecule is N#CCC(=O)N/N=C1/SCC(=O)N1c1ccccc1. The first-order valence-electron chi connectivity index (χ1n) is 5.46. The van der Waals surface area contributed by atoms with Crippen LogP contribution in [0.2, 0.25) is 0 Å². The van der Waals surface area contributed by atoms with Gasteiger partial charge >= 0.3 is 0 Å². The molecule has 0 saturated carbocycles. The number of thioether (sulfide) groups is 1. The topological polar surface area (TPSA) is 85.6 Å². The van der Waals surface area contributed by atoms with E-state index < -0.39 is 5.91 Å². The fraction of sp³-hybridized carbons (Fsp3) is 0.167. The molecule has 0 aromatic heterocycles. The Morgan fingerprint density at radius 3 is 2.89 bits per heavy atom.